The highest BCUT2D eigenvalue weighted by molar-refractivity contribution is 5.88. The number of fused-ring (bicyclic) bond motifs is 2. The molecule has 2 aliphatic rings. The van der Waals surface area contributed by atoms with E-state index < -0.39 is 24.3 Å². The van der Waals surface area contributed by atoms with E-state index in [4.69, 9.17) is 29.4 Å². The number of nitrogens with zero attached hydrogens (tertiary/aromatic N) is 6. The first-order chi connectivity index (χ1) is 26.9. The fraction of sp³-hybridized carbons (Fsp3) is 0.450. The topological polar surface area (TPSA) is 200 Å². The Morgan fingerprint density at radius 2 is 1.12 bits per heavy atom. The third kappa shape index (κ3) is 7.59. The molecule has 16 heteroatoms. The lowest BCUT2D eigenvalue weighted by molar-refractivity contribution is -0.136. The van der Waals surface area contributed by atoms with Crippen molar-refractivity contribution in [1.82, 2.24) is 50.3 Å². The minimum Gasteiger partial charge on any atom is -0.453 e. The highest BCUT2D eigenvalue weighted by Gasteiger charge is 2.39. The van der Waals surface area contributed by atoms with Gasteiger partial charge in [-0.05, 0) is 73.4 Å². The van der Waals surface area contributed by atoms with Crippen molar-refractivity contribution in [3.8, 4) is 22.5 Å². The van der Waals surface area contributed by atoms with Gasteiger partial charge in [0.1, 0.15) is 23.7 Å². The van der Waals surface area contributed by atoms with E-state index in [-0.39, 0.29) is 35.7 Å². The lowest BCUT2D eigenvalue weighted by Crippen LogP contribution is -2.51. The van der Waals surface area contributed by atoms with Crippen LogP contribution >= 0.6 is 0 Å². The molecule has 2 saturated heterocycles. The first-order valence-corrected chi connectivity index (χ1v) is 19.1. The van der Waals surface area contributed by atoms with Crippen LogP contribution in [0.1, 0.15) is 77.1 Å². The van der Waals surface area contributed by atoms with Crippen molar-refractivity contribution in [2.24, 2.45) is 11.8 Å². The standard InChI is InChI=1S/C40H48N10O6/c1-21(2)32(47-39(53)55-5)37(51)49-15-7-9-30(49)35-43-26-13-11-23(17-28(26)45-35)25-19-41-34(42-20-25)24-12-14-27-29(18-24)46-36(44-27)31-10-8-16-50(31)38(52)33(22(3)4)48-40(54)56-6/h11-14,17-22,30-33H,7-10,15-16H2,1-6H3,(H,43,45)(H,44,46)(H,47,53)(H,48,54)/t30-,31-,32-,33-/m0/s1. The van der Waals surface area contributed by atoms with E-state index in [0.717, 1.165) is 64.4 Å². The Morgan fingerprint density at radius 1 is 0.679 bits per heavy atom. The van der Waals surface area contributed by atoms with Crippen molar-refractivity contribution in [1.29, 1.82) is 0 Å². The normalized spacial score (nSPS) is 18.1. The molecule has 0 saturated carbocycles. The van der Waals surface area contributed by atoms with Crippen LogP contribution in [0.5, 0.6) is 0 Å². The molecule has 56 heavy (non-hydrogen) atoms. The van der Waals surface area contributed by atoms with Crippen molar-refractivity contribution in [2.45, 2.75) is 77.5 Å². The van der Waals surface area contributed by atoms with Gasteiger partial charge in [-0.2, -0.15) is 0 Å². The molecule has 0 aliphatic carbocycles. The Balaban J connectivity index is 1.06. The molecule has 2 aliphatic heterocycles. The number of carbonyl (C=O) groups excluding carboxylic acids is 4. The molecule has 0 unspecified atom stereocenters. The van der Waals surface area contributed by atoms with Gasteiger partial charge in [0.15, 0.2) is 5.82 Å². The van der Waals surface area contributed by atoms with Gasteiger partial charge in [0, 0.05) is 36.6 Å². The maximum atomic E-state index is 13.6. The zero-order valence-electron chi connectivity index (χ0n) is 32.5. The van der Waals surface area contributed by atoms with E-state index in [1.165, 1.54) is 14.2 Å². The first kappa shape index (κ1) is 38.2. The minimum atomic E-state index is -0.708. The number of H-pyrrole nitrogens is 2. The van der Waals surface area contributed by atoms with Crippen LogP contribution in [0, 0.1) is 11.8 Å². The molecule has 3 aromatic heterocycles. The molecular weight excluding hydrogens is 717 g/mol. The van der Waals surface area contributed by atoms with Gasteiger partial charge in [-0.3, -0.25) is 9.59 Å². The number of aromatic amines is 2. The maximum Gasteiger partial charge on any atom is 0.407 e. The van der Waals surface area contributed by atoms with Gasteiger partial charge in [-0.1, -0.05) is 33.8 Å². The quantitative estimate of drug-likeness (QED) is 0.138. The number of ether oxygens (including phenoxy) is 2. The van der Waals surface area contributed by atoms with Crippen molar-refractivity contribution >= 4 is 46.1 Å². The monoisotopic (exact) mass is 764 g/mol. The molecule has 4 atom stereocenters. The third-order valence-electron chi connectivity index (χ3n) is 10.7. The average Bonchev–Trinajstić information content (AvgIpc) is 4.03. The number of alkyl carbamates (subject to hydrolysis) is 2. The van der Waals surface area contributed by atoms with Crippen molar-refractivity contribution in [3.63, 3.8) is 0 Å². The summed E-state index contributed by atoms with van der Waals surface area (Å²) in [6, 6.07) is 9.85. The highest BCUT2D eigenvalue weighted by Crippen LogP contribution is 2.35. The third-order valence-corrected chi connectivity index (χ3v) is 10.7. The van der Waals surface area contributed by atoms with Crippen LogP contribution < -0.4 is 10.6 Å². The number of hydrogen-bond donors (Lipinski definition) is 4. The summed E-state index contributed by atoms with van der Waals surface area (Å²) in [6.45, 7) is 8.72. The maximum absolute atomic E-state index is 13.6. The van der Waals surface area contributed by atoms with E-state index in [0.29, 0.717) is 30.6 Å². The Morgan fingerprint density at radius 3 is 1.57 bits per heavy atom. The summed E-state index contributed by atoms with van der Waals surface area (Å²) in [5.74, 6) is 1.38. The Hall–Kier alpha value is -6.06. The lowest BCUT2D eigenvalue weighted by Gasteiger charge is -2.29. The van der Waals surface area contributed by atoms with Crippen molar-refractivity contribution in [2.75, 3.05) is 27.3 Å². The van der Waals surface area contributed by atoms with Crippen LogP contribution in [0.4, 0.5) is 9.59 Å². The Kier molecular flexibility index (Phi) is 10.9. The van der Waals surface area contributed by atoms with Crippen LogP contribution in [0.25, 0.3) is 44.6 Å². The van der Waals surface area contributed by atoms with Crippen molar-refractivity contribution in [3.05, 3.63) is 60.4 Å². The number of likely N-dealkylation sites (tertiary alicyclic amines) is 2. The number of methoxy groups -OCH3 is 2. The molecule has 0 spiro atoms. The molecule has 5 aromatic rings. The predicted octanol–water partition coefficient (Wildman–Crippen LogP) is 5.65. The SMILES string of the molecule is COC(=O)N[C@H](C(=O)N1CCC[C@H]1c1nc2cc(-c3cnc(-c4ccc5[nH]c([C@@H]6CCCN6C(=O)[C@@H](NC(=O)OC)C(C)C)nc5c4)nc3)ccc2[nH]1)C(C)C. The van der Waals surface area contributed by atoms with Gasteiger partial charge >= 0.3 is 12.2 Å². The minimum absolute atomic E-state index is 0.120. The second-order valence-electron chi connectivity index (χ2n) is 15.1. The summed E-state index contributed by atoms with van der Waals surface area (Å²) in [7, 11) is 2.57. The second kappa shape index (κ2) is 16.0. The summed E-state index contributed by atoms with van der Waals surface area (Å²) in [4.78, 5) is 80.8. The van der Waals surface area contributed by atoms with Gasteiger partial charge in [0.25, 0.3) is 0 Å². The van der Waals surface area contributed by atoms with Crippen LogP contribution in [0.2, 0.25) is 0 Å². The average molecular weight is 765 g/mol. The van der Waals surface area contributed by atoms with Crippen LogP contribution in [-0.2, 0) is 19.1 Å². The van der Waals surface area contributed by atoms with Gasteiger partial charge in [-0.15, -0.1) is 0 Å². The molecule has 2 fully saturated rings. The number of amides is 4. The largest absolute Gasteiger partial charge is 0.453 e. The molecule has 4 amide bonds. The number of carbonyl (C=O) groups is 4. The van der Waals surface area contributed by atoms with E-state index in [9.17, 15) is 19.2 Å². The fourth-order valence-electron chi connectivity index (χ4n) is 7.70. The second-order valence-corrected chi connectivity index (χ2v) is 15.1. The van der Waals surface area contributed by atoms with Crippen LogP contribution in [-0.4, -0.2) is 103 Å². The first-order valence-electron chi connectivity index (χ1n) is 19.1. The van der Waals surface area contributed by atoms with Gasteiger partial charge in [-0.25, -0.2) is 29.5 Å². The number of benzene rings is 2. The summed E-state index contributed by atoms with van der Waals surface area (Å²) < 4.78 is 9.52. The molecule has 4 N–H and O–H groups in total. The number of nitrogens with one attached hydrogen (secondary N) is 4. The Bertz CT molecular complexity index is 2090. The van der Waals surface area contributed by atoms with E-state index in [1.807, 2.05) is 64.1 Å². The summed E-state index contributed by atoms with van der Waals surface area (Å²) in [5, 5.41) is 5.38. The molecule has 16 nitrogen and oxygen atoms in total. The summed E-state index contributed by atoms with van der Waals surface area (Å²) in [6.07, 6.45) is 5.46. The molecule has 0 radical (unpaired) electrons. The summed E-state index contributed by atoms with van der Waals surface area (Å²) in [5.41, 5.74) is 5.70. The van der Waals surface area contributed by atoms with Crippen LogP contribution in [0.3, 0.4) is 0 Å². The van der Waals surface area contributed by atoms with Crippen molar-refractivity contribution < 1.29 is 28.7 Å². The van der Waals surface area contributed by atoms with E-state index in [1.54, 1.807) is 22.2 Å². The number of imidazole rings is 2. The zero-order valence-corrected chi connectivity index (χ0v) is 32.5. The number of aromatic nitrogens is 6. The summed E-state index contributed by atoms with van der Waals surface area (Å²) >= 11 is 0. The Labute approximate surface area is 324 Å². The highest BCUT2D eigenvalue weighted by atomic mass is 16.5. The number of rotatable bonds is 10. The molecule has 7 rings (SSSR count). The van der Waals surface area contributed by atoms with Crippen LogP contribution in [0.15, 0.2) is 48.8 Å². The molecule has 5 heterocycles. The zero-order chi connectivity index (χ0) is 39.7. The van der Waals surface area contributed by atoms with Gasteiger partial charge in [0.2, 0.25) is 11.8 Å². The smallest absolute Gasteiger partial charge is 0.407 e. The number of hydrogen-bond acceptors (Lipinski definition) is 10. The molecule has 2 aromatic carbocycles. The predicted molar refractivity (Wildman–Crippen MR) is 208 cm³/mol. The molecule has 0 bridgehead atoms. The molecule has 294 valence electrons. The lowest BCUT2D eigenvalue weighted by atomic mass is 10.0. The van der Waals surface area contributed by atoms with E-state index in [2.05, 4.69) is 20.6 Å². The van der Waals surface area contributed by atoms with Gasteiger partial charge < -0.3 is 39.9 Å². The van der Waals surface area contributed by atoms with Gasteiger partial charge in [0.05, 0.1) is 48.4 Å². The van der Waals surface area contributed by atoms with E-state index >= 15 is 0 Å². The molecular formula is C40H48N10O6. The fourth-order valence-corrected chi connectivity index (χ4v) is 7.70.